The van der Waals surface area contributed by atoms with Crippen molar-refractivity contribution in [2.75, 3.05) is 14.1 Å². The molecule has 0 fully saturated rings. The summed E-state index contributed by atoms with van der Waals surface area (Å²) in [6.07, 6.45) is 7.08. The van der Waals surface area contributed by atoms with Gasteiger partial charge in [-0.2, -0.15) is 0 Å². The second-order valence-electron chi connectivity index (χ2n) is 3.45. The molecule has 0 heterocycles. The minimum atomic E-state index is 0.769. The Labute approximate surface area is 63.7 Å². The molecule has 1 rings (SSSR count). The monoisotopic (exact) mass is 139 g/mol. The average Bonchev–Trinajstić information content (AvgIpc) is 1.88. The zero-order chi connectivity index (χ0) is 7.56. The molecule has 1 aliphatic carbocycles. The van der Waals surface area contributed by atoms with Crippen LogP contribution in [0.15, 0.2) is 12.2 Å². The van der Waals surface area contributed by atoms with Crippen molar-refractivity contribution in [3.05, 3.63) is 12.2 Å². The fourth-order valence-electron chi connectivity index (χ4n) is 1.66. The van der Waals surface area contributed by atoms with Crippen molar-refractivity contribution in [3.63, 3.8) is 0 Å². The van der Waals surface area contributed by atoms with E-state index >= 15 is 0 Å². The summed E-state index contributed by atoms with van der Waals surface area (Å²) in [5.74, 6) is 0.833. The van der Waals surface area contributed by atoms with Gasteiger partial charge in [0.05, 0.1) is 0 Å². The van der Waals surface area contributed by atoms with Gasteiger partial charge in [0.15, 0.2) is 0 Å². The van der Waals surface area contributed by atoms with E-state index in [1.165, 1.54) is 12.8 Å². The highest BCUT2D eigenvalue weighted by atomic mass is 15.1. The molecule has 0 aliphatic heterocycles. The molecule has 1 nitrogen and oxygen atoms in total. The predicted octanol–water partition coefficient (Wildman–Crippen LogP) is 1.90. The Hall–Kier alpha value is -0.300. The van der Waals surface area contributed by atoms with E-state index in [4.69, 9.17) is 0 Å². The molecule has 2 atom stereocenters. The number of rotatable bonds is 1. The first-order valence-corrected chi connectivity index (χ1v) is 4.03. The lowest BCUT2D eigenvalue weighted by atomic mass is 9.90. The van der Waals surface area contributed by atoms with Gasteiger partial charge in [0.2, 0.25) is 0 Å². The van der Waals surface area contributed by atoms with Gasteiger partial charge in [-0.15, -0.1) is 0 Å². The smallest absolute Gasteiger partial charge is 0.0152 e. The Balaban J connectivity index is 2.51. The van der Waals surface area contributed by atoms with Crippen LogP contribution >= 0.6 is 0 Å². The van der Waals surface area contributed by atoms with Gasteiger partial charge in [-0.25, -0.2) is 0 Å². The maximum atomic E-state index is 2.33. The molecule has 0 aromatic heterocycles. The van der Waals surface area contributed by atoms with Crippen LogP contribution in [0.4, 0.5) is 0 Å². The zero-order valence-electron chi connectivity index (χ0n) is 7.17. The Morgan fingerprint density at radius 2 is 1.80 bits per heavy atom. The molecule has 0 aromatic rings. The van der Waals surface area contributed by atoms with Crippen LogP contribution in [-0.4, -0.2) is 25.0 Å². The third-order valence-corrected chi connectivity index (χ3v) is 2.37. The summed E-state index contributed by atoms with van der Waals surface area (Å²) in [4.78, 5) is 2.33. The van der Waals surface area contributed by atoms with Crippen molar-refractivity contribution in [2.24, 2.45) is 5.92 Å². The molecular weight excluding hydrogens is 122 g/mol. The minimum absolute atomic E-state index is 0.769. The molecule has 0 aromatic carbocycles. The maximum absolute atomic E-state index is 2.33. The zero-order valence-corrected chi connectivity index (χ0v) is 7.17. The van der Waals surface area contributed by atoms with Crippen molar-refractivity contribution >= 4 is 0 Å². The normalized spacial score (nSPS) is 33.2. The van der Waals surface area contributed by atoms with Crippen molar-refractivity contribution < 1.29 is 0 Å². The van der Waals surface area contributed by atoms with E-state index in [2.05, 4.69) is 38.1 Å². The molecule has 0 amide bonds. The lowest BCUT2D eigenvalue weighted by Gasteiger charge is -2.31. The van der Waals surface area contributed by atoms with Crippen molar-refractivity contribution in [2.45, 2.75) is 25.8 Å². The summed E-state index contributed by atoms with van der Waals surface area (Å²) in [5, 5.41) is 0. The fraction of sp³-hybridized carbons (Fsp3) is 0.778. The van der Waals surface area contributed by atoms with Crippen LogP contribution in [0.25, 0.3) is 0 Å². The maximum Gasteiger partial charge on any atom is 0.0152 e. The Bertz CT molecular complexity index is 127. The minimum Gasteiger partial charge on any atom is -0.306 e. The Kier molecular flexibility index (Phi) is 2.50. The van der Waals surface area contributed by atoms with Crippen LogP contribution in [0.3, 0.4) is 0 Å². The van der Waals surface area contributed by atoms with Gasteiger partial charge >= 0.3 is 0 Å². The van der Waals surface area contributed by atoms with Crippen LogP contribution < -0.4 is 0 Å². The molecule has 1 heteroatoms. The van der Waals surface area contributed by atoms with Crippen LogP contribution in [0.1, 0.15) is 19.8 Å². The van der Waals surface area contributed by atoms with E-state index < -0.39 is 0 Å². The average molecular weight is 139 g/mol. The predicted molar refractivity (Wildman–Crippen MR) is 45.0 cm³/mol. The number of hydrogen-bond acceptors (Lipinski definition) is 1. The summed E-state index contributed by atoms with van der Waals surface area (Å²) in [5.41, 5.74) is 0. The van der Waals surface area contributed by atoms with Gasteiger partial charge in [-0.3, -0.25) is 0 Å². The van der Waals surface area contributed by atoms with Gasteiger partial charge in [0, 0.05) is 6.04 Å². The van der Waals surface area contributed by atoms with E-state index in [1.807, 2.05) is 0 Å². The Morgan fingerprint density at radius 1 is 1.20 bits per heavy atom. The van der Waals surface area contributed by atoms with Crippen LogP contribution in [-0.2, 0) is 0 Å². The third kappa shape index (κ3) is 1.60. The number of nitrogens with zero attached hydrogens (tertiary/aromatic N) is 1. The van der Waals surface area contributed by atoms with Crippen molar-refractivity contribution in [1.82, 2.24) is 4.90 Å². The molecule has 0 N–H and O–H groups in total. The van der Waals surface area contributed by atoms with E-state index in [0.29, 0.717) is 0 Å². The topological polar surface area (TPSA) is 3.24 Å². The summed E-state index contributed by atoms with van der Waals surface area (Å²) < 4.78 is 0. The molecule has 10 heavy (non-hydrogen) atoms. The van der Waals surface area contributed by atoms with Gasteiger partial charge in [0.25, 0.3) is 0 Å². The van der Waals surface area contributed by atoms with E-state index in [9.17, 15) is 0 Å². The molecule has 1 aliphatic rings. The standard InChI is InChI=1S/C9H17N/c1-8-6-4-5-7-9(8)10(2)3/h4-5,8-9H,6-7H2,1-3H3. The molecule has 0 saturated heterocycles. The van der Waals surface area contributed by atoms with E-state index in [-0.39, 0.29) is 0 Å². The highest BCUT2D eigenvalue weighted by Gasteiger charge is 2.19. The van der Waals surface area contributed by atoms with Gasteiger partial charge in [-0.1, -0.05) is 19.1 Å². The van der Waals surface area contributed by atoms with Gasteiger partial charge in [-0.05, 0) is 32.9 Å². The molecule has 0 bridgehead atoms. The number of hydrogen-bond donors (Lipinski definition) is 0. The summed E-state index contributed by atoms with van der Waals surface area (Å²) >= 11 is 0. The highest BCUT2D eigenvalue weighted by Crippen LogP contribution is 2.21. The molecule has 58 valence electrons. The molecule has 2 unspecified atom stereocenters. The molecular formula is C9H17N. The van der Waals surface area contributed by atoms with Gasteiger partial charge < -0.3 is 4.90 Å². The first-order valence-electron chi connectivity index (χ1n) is 4.03. The fourth-order valence-corrected chi connectivity index (χ4v) is 1.66. The second kappa shape index (κ2) is 3.20. The third-order valence-electron chi connectivity index (χ3n) is 2.37. The molecule has 0 saturated carbocycles. The lowest BCUT2D eigenvalue weighted by molar-refractivity contribution is 0.216. The quantitative estimate of drug-likeness (QED) is 0.501. The SMILES string of the molecule is CC1CC=CCC1N(C)C. The lowest BCUT2D eigenvalue weighted by Crippen LogP contribution is -2.34. The van der Waals surface area contributed by atoms with Gasteiger partial charge in [0.1, 0.15) is 0 Å². The van der Waals surface area contributed by atoms with Crippen molar-refractivity contribution in [1.29, 1.82) is 0 Å². The van der Waals surface area contributed by atoms with E-state index in [1.54, 1.807) is 0 Å². The summed E-state index contributed by atoms with van der Waals surface area (Å²) in [6.45, 7) is 2.33. The van der Waals surface area contributed by atoms with Crippen molar-refractivity contribution in [3.8, 4) is 0 Å². The first kappa shape index (κ1) is 7.80. The highest BCUT2D eigenvalue weighted by molar-refractivity contribution is 4.96. The van der Waals surface area contributed by atoms with E-state index in [0.717, 1.165) is 12.0 Å². The second-order valence-corrected chi connectivity index (χ2v) is 3.45. The number of allylic oxidation sites excluding steroid dienone is 1. The van der Waals surface area contributed by atoms with Crippen LogP contribution in [0, 0.1) is 5.92 Å². The molecule has 0 radical (unpaired) electrons. The van der Waals surface area contributed by atoms with Crippen LogP contribution in [0.2, 0.25) is 0 Å². The Morgan fingerprint density at radius 3 is 2.20 bits per heavy atom. The summed E-state index contributed by atoms with van der Waals surface area (Å²) in [7, 11) is 4.33. The first-order chi connectivity index (χ1) is 4.72. The van der Waals surface area contributed by atoms with Crippen LogP contribution in [0.5, 0.6) is 0 Å². The largest absolute Gasteiger partial charge is 0.306 e. The summed E-state index contributed by atoms with van der Waals surface area (Å²) in [6, 6.07) is 0.769. The molecule has 0 spiro atoms.